The molecule has 9 nitrogen and oxygen atoms in total. The van der Waals surface area contributed by atoms with Crippen LogP contribution in [0, 0.1) is 6.92 Å². The molecule has 0 bridgehead atoms. The number of anilines is 1. The van der Waals surface area contributed by atoms with Gasteiger partial charge < -0.3 is 19.7 Å². The van der Waals surface area contributed by atoms with Crippen molar-refractivity contribution in [2.75, 3.05) is 30.4 Å². The summed E-state index contributed by atoms with van der Waals surface area (Å²) in [5, 5.41) is 2.86. The van der Waals surface area contributed by atoms with Gasteiger partial charge in [-0.2, -0.15) is 0 Å². The Kier molecular flexibility index (Phi) is 8.61. The second-order valence-electron chi connectivity index (χ2n) is 8.53. The zero-order valence-electron chi connectivity index (χ0n) is 20.6. The number of rotatable bonds is 11. The molecule has 2 aromatic rings. The van der Waals surface area contributed by atoms with Crippen LogP contribution in [0.1, 0.15) is 37.8 Å². The van der Waals surface area contributed by atoms with Gasteiger partial charge in [0.25, 0.3) is 0 Å². The van der Waals surface area contributed by atoms with Crippen molar-refractivity contribution >= 4 is 27.5 Å². The molecule has 0 saturated heterocycles. The summed E-state index contributed by atoms with van der Waals surface area (Å²) in [7, 11) is -3.82. The van der Waals surface area contributed by atoms with E-state index in [4.69, 9.17) is 9.47 Å². The highest BCUT2D eigenvalue weighted by Gasteiger charge is 2.32. The van der Waals surface area contributed by atoms with Crippen LogP contribution < -0.4 is 19.1 Å². The standard InChI is InChI=1S/C25H33N3O6S/c1-5-12-26-25(30)21(6-2)27(15-19-9-7-8-18(3)13-19)24(29)16-28(35(4,31)32)20-10-11-22-23(14-20)34-17-33-22/h7-11,13-14,21H,5-6,12,15-17H2,1-4H3,(H,26,30)/t21-/m1/s1. The van der Waals surface area contributed by atoms with Crippen LogP contribution in [-0.2, 0) is 26.2 Å². The molecule has 0 aliphatic carbocycles. The molecule has 1 aliphatic heterocycles. The predicted molar refractivity (Wildman–Crippen MR) is 134 cm³/mol. The molecule has 0 unspecified atom stereocenters. The number of benzene rings is 2. The van der Waals surface area contributed by atoms with Gasteiger partial charge in [0.1, 0.15) is 12.6 Å². The van der Waals surface area contributed by atoms with Crippen molar-refractivity contribution in [2.45, 2.75) is 46.2 Å². The van der Waals surface area contributed by atoms with Gasteiger partial charge in [0.05, 0.1) is 11.9 Å². The first kappa shape index (κ1) is 26.3. The van der Waals surface area contributed by atoms with E-state index < -0.39 is 28.5 Å². The molecule has 1 atom stereocenters. The van der Waals surface area contributed by atoms with Gasteiger partial charge in [-0.1, -0.05) is 43.7 Å². The monoisotopic (exact) mass is 503 g/mol. The van der Waals surface area contributed by atoms with E-state index in [1.807, 2.05) is 45.0 Å². The largest absolute Gasteiger partial charge is 0.454 e. The van der Waals surface area contributed by atoms with Crippen LogP contribution in [0.25, 0.3) is 0 Å². The summed E-state index contributed by atoms with van der Waals surface area (Å²) in [5.41, 5.74) is 2.16. The molecule has 1 heterocycles. The molecule has 3 rings (SSSR count). The highest BCUT2D eigenvalue weighted by Crippen LogP contribution is 2.36. The lowest BCUT2D eigenvalue weighted by molar-refractivity contribution is -0.140. The molecule has 2 aromatic carbocycles. The zero-order chi connectivity index (χ0) is 25.6. The number of ether oxygens (including phenoxy) is 2. The van der Waals surface area contributed by atoms with E-state index in [0.717, 1.165) is 28.1 Å². The molecule has 1 N–H and O–H groups in total. The number of aryl methyl sites for hydroxylation is 1. The maximum atomic E-state index is 13.7. The van der Waals surface area contributed by atoms with Crippen LogP contribution in [0.4, 0.5) is 5.69 Å². The van der Waals surface area contributed by atoms with Crippen molar-refractivity contribution < 1.29 is 27.5 Å². The third kappa shape index (κ3) is 6.66. The molecule has 0 radical (unpaired) electrons. The summed E-state index contributed by atoms with van der Waals surface area (Å²) >= 11 is 0. The van der Waals surface area contributed by atoms with Gasteiger partial charge in [0.2, 0.25) is 28.6 Å². The van der Waals surface area contributed by atoms with E-state index in [1.165, 1.54) is 11.0 Å². The summed E-state index contributed by atoms with van der Waals surface area (Å²) in [5.74, 6) is 0.177. The normalized spacial score (nSPS) is 13.3. The third-order valence-corrected chi connectivity index (χ3v) is 6.83. The Balaban J connectivity index is 1.93. The van der Waals surface area contributed by atoms with Crippen molar-refractivity contribution in [1.82, 2.24) is 10.2 Å². The van der Waals surface area contributed by atoms with E-state index in [0.29, 0.717) is 24.5 Å². The summed E-state index contributed by atoms with van der Waals surface area (Å²) in [6, 6.07) is 11.6. The first-order chi connectivity index (χ1) is 16.6. The molecule has 2 amide bonds. The quantitative estimate of drug-likeness (QED) is 0.506. The first-order valence-electron chi connectivity index (χ1n) is 11.6. The van der Waals surface area contributed by atoms with Gasteiger partial charge >= 0.3 is 0 Å². The van der Waals surface area contributed by atoms with Gasteiger partial charge in [-0.05, 0) is 37.5 Å². The van der Waals surface area contributed by atoms with Gasteiger partial charge in [-0.25, -0.2) is 8.42 Å². The van der Waals surface area contributed by atoms with Crippen LogP contribution in [0.5, 0.6) is 11.5 Å². The fraction of sp³-hybridized carbons (Fsp3) is 0.440. The van der Waals surface area contributed by atoms with Crippen LogP contribution in [0.3, 0.4) is 0 Å². The summed E-state index contributed by atoms with van der Waals surface area (Å²) in [6.07, 6.45) is 2.19. The number of sulfonamides is 1. The van der Waals surface area contributed by atoms with E-state index in [2.05, 4.69) is 5.32 Å². The first-order valence-corrected chi connectivity index (χ1v) is 13.5. The molecule has 10 heteroatoms. The third-order valence-electron chi connectivity index (χ3n) is 5.69. The van der Waals surface area contributed by atoms with Crippen LogP contribution in [0.2, 0.25) is 0 Å². The highest BCUT2D eigenvalue weighted by atomic mass is 32.2. The maximum Gasteiger partial charge on any atom is 0.244 e. The van der Waals surface area contributed by atoms with Gasteiger partial charge in [0.15, 0.2) is 11.5 Å². The van der Waals surface area contributed by atoms with Crippen molar-refractivity contribution in [1.29, 1.82) is 0 Å². The highest BCUT2D eigenvalue weighted by molar-refractivity contribution is 7.92. The number of hydrogen-bond donors (Lipinski definition) is 1. The van der Waals surface area contributed by atoms with E-state index in [9.17, 15) is 18.0 Å². The van der Waals surface area contributed by atoms with E-state index in [-0.39, 0.29) is 24.9 Å². The average Bonchev–Trinajstić information content (AvgIpc) is 3.28. The number of amides is 2. The molecular formula is C25H33N3O6S. The predicted octanol–water partition coefficient (Wildman–Crippen LogP) is 2.82. The lowest BCUT2D eigenvalue weighted by atomic mass is 10.1. The van der Waals surface area contributed by atoms with Gasteiger partial charge in [-0.3, -0.25) is 13.9 Å². The number of nitrogens with zero attached hydrogens (tertiary/aromatic N) is 2. The van der Waals surface area contributed by atoms with Crippen LogP contribution in [0.15, 0.2) is 42.5 Å². The number of hydrogen-bond acceptors (Lipinski definition) is 6. The van der Waals surface area contributed by atoms with Gasteiger partial charge in [-0.15, -0.1) is 0 Å². The summed E-state index contributed by atoms with van der Waals surface area (Å²) in [4.78, 5) is 28.1. The SMILES string of the molecule is CCCNC(=O)[C@@H](CC)N(Cc1cccc(C)c1)C(=O)CN(c1ccc2c(c1)OCO2)S(C)(=O)=O. The fourth-order valence-corrected chi connectivity index (χ4v) is 4.79. The smallest absolute Gasteiger partial charge is 0.244 e. The average molecular weight is 504 g/mol. The van der Waals surface area contributed by atoms with Crippen molar-refractivity contribution in [3.63, 3.8) is 0 Å². The van der Waals surface area contributed by atoms with Crippen molar-refractivity contribution in [3.8, 4) is 11.5 Å². The number of fused-ring (bicyclic) bond motifs is 1. The zero-order valence-corrected chi connectivity index (χ0v) is 21.4. The minimum Gasteiger partial charge on any atom is -0.454 e. The number of carbonyl (C=O) groups excluding carboxylic acids is 2. The number of nitrogens with one attached hydrogen (secondary N) is 1. The second-order valence-corrected chi connectivity index (χ2v) is 10.4. The minimum atomic E-state index is -3.82. The Bertz CT molecular complexity index is 1170. The molecule has 35 heavy (non-hydrogen) atoms. The number of carbonyl (C=O) groups is 2. The molecule has 0 fully saturated rings. The molecule has 0 aromatic heterocycles. The maximum absolute atomic E-state index is 13.7. The van der Waals surface area contributed by atoms with Gasteiger partial charge in [0, 0.05) is 19.2 Å². The second kappa shape index (κ2) is 11.4. The Morgan fingerprint density at radius 3 is 2.49 bits per heavy atom. The summed E-state index contributed by atoms with van der Waals surface area (Å²) < 4.78 is 37.1. The van der Waals surface area contributed by atoms with E-state index in [1.54, 1.807) is 12.1 Å². The lowest BCUT2D eigenvalue weighted by Gasteiger charge is -2.33. The molecule has 1 aliphatic rings. The molecular weight excluding hydrogens is 470 g/mol. The Morgan fingerprint density at radius 1 is 1.09 bits per heavy atom. The fourth-order valence-electron chi connectivity index (χ4n) is 3.95. The Morgan fingerprint density at radius 2 is 1.83 bits per heavy atom. The Hall–Kier alpha value is -3.27. The van der Waals surface area contributed by atoms with E-state index >= 15 is 0 Å². The Labute approximate surface area is 207 Å². The minimum absolute atomic E-state index is 0.0475. The molecule has 0 spiro atoms. The molecule has 0 saturated carbocycles. The van der Waals surface area contributed by atoms with Crippen molar-refractivity contribution in [3.05, 3.63) is 53.6 Å². The molecule has 190 valence electrons. The van der Waals surface area contributed by atoms with Crippen LogP contribution in [-0.4, -0.2) is 57.3 Å². The van der Waals surface area contributed by atoms with Crippen LogP contribution >= 0.6 is 0 Å². The van der Waals surface area contributed by atoms with Crippen molar-refractivity contribution in [2.24, 2.45) is 0 Å². The lowest BCUT2D eigenvalue weighted by Crippen LogP contribution is -2.52. The topological polar surface area (TPSA) is 105 Å². The summed E-state index contributed by atoms with van der Waals surface area (Å²) in [6.45, 7) is 6.00.